The molecule has 0 saturated carbocycles. The third-order valence-corrected chi connectivity index (χ3v) is 3.14. The molecule has 1 amide bonds. The molecule has 0 unspecified atom stereocenters. The second-order valence-corrected chi connectivity index (χ2v) is 5.05. The van der Waals surface area contributed by atoms with Crippen LogP contribution in [0.25, 0.3) is 0 Å². The van der Waals surface area contributed by atoms with Crippen LogP contribution in [0.4, 0.5) is 0 Å². The predicted molar refractivity (Wildman–Crippen MR) is 79.0 cm³/mol. The Labute approximate surface area is 120 Å². The van der Waals surface area contributed by atoms with Crippen molar-refractivity contribution < 1.29 is 4.79 Å². The van der Waals surface area contributed by atoms with E-state index < -0.39 is 0 Å². The molecule has 0 aliphatic rings. The summed E-state index contributed by atoms with van der Waals surface area (Å²) >= 11 is 3.38. The van der Waals surface area contributed by atoms with Crippen molar-refractivity contribution in [2.75, 3.05) is 0 Å². The number of nitrogens with zero attached hydrogens (tertiary/aromatic N) is 2. The molecule has 1 aromatic carbocycles. The molecule has 98 valence electrons. The van der Waals surface area contributed by atoms with Crippen molar-refractivity contribution in [1.29, 1.82) is 0 Å². The number of nitrogens with one attached hydrogen (secondary N) is 1. The molecule has 0 aliphatic heterocycles. The number of hydrazone groups is 1. The molecule has 0 radical (unpaired) electrons. The Balaban J connectivity index is 1.88. The highest BCUT2D eigenvalue weighted by Gasteiger charge is 2.04. The summed E-state index contributed by atoms with van der Waals surface area (Å²) in [6.45, 7) is 0. The molecule has 2 aromatic rings. The van der Waals surface area contributed by atoms with Gasteiger partial charge in [-0.3, -0.25) is 4.79 Å². The number of carbonyl (C=O) groups is 1. The topological polar surface area (TPSA) is 46.4 Å². The van der Waals surface area contributed by atoms with Gasteiger partial charge in [0, 0.05) is 23.4 Å². The van der Waals surface area contributed by atoms with E-state index in [2.05, 4.69) is 26.5 Å². The number of carbonyl (C=O) groups excluding carboxylic acids is 1. The van der Waals surface area contributed by atoms with Crippen LogP contribution in [0.5, 0.6) is 0 Å². The van der Waals surface area contributed by atoms with Crippen molar-refractivity contribution in [3.63, 3.8) is 0 Å². The number of aromatic nitrogens is 1. The first kappa shape index (κ1) is 13.5. The molecule has 1 heterocycles. The Hall–Kier alpha value is -1.88. The lowest BCUT2D eigenvalue weighted by molar-refractivity contribution is -0.120. The van der Waals surface area contributed by atoms with Crippen LogP contribution in [-0.2, 0) is 18.3 Å². The van der Waals surface area contributed by atoms with Crippen molar-refractivity contribution in [3.05, 3.63) is 58.3 Å². The highest BCUT2D eigenvalue weighted by Crippen LogP contribution is 2.09. The maximum atomic E-state index is 11.7. The molecule has 5 heteroatoms. The van der Waals surface area contributed by atoms with Crippen LogP contribution >= 0.6 is 15.9 Å². The molecule has 1 N–H and O–H groups in total. The van der Waals surface area contributed by atoms with E-state index in [9.17, 15) is 4.79 Å². The van der Waals surface area contributed by atoms with E-state index in [1.54, 1.807) is 6.21 Å². The monoisotopic (exact) mass is 319 g/mol. The van der Waals surface area contributed by atoms with Gasteiger partial charge in [0.2, 0.25) is 5.91 Å². The zero-order chi connectivity index (χ0) is 13.7. The normalized spacial score (nSPS) is 10.8. The van der Waals surface area contributed by atoms with Crippen molar-refractivity contribution in [3.8, 4) is 0 Å². The number of hydrogen-bond donors (Lipinski definition) is 1. The largest absolute Gasteiger partial charge is 0.354 e. The quantitative estimate of drug-likeness (QED) is 0.683. The van der Waals surface area contributed by atoms with Crippen LogP contribution in [0, 0.1) is 0 Å². The summed E-state index contributed by atoms with van der Waals surface area (Å²) in [7, 11) is 1.91. The number of hydrogen-bond acceptors (Lipinski definition) is 2. The number of aryl methyl sites for hydroxylation is 1. The Morgan fingerprint density at radius 2 is 2.26 bits per heavy atom. The average molecular weight is 320 g/mol. The molecule has 2 rings (SSSR count). The molecule has 0 fully saturated rings. The van der Waals surface area contributed by atoms with Crippen LogP contribution in [0.2, 0.25) is 0 Å². The van der Waals surface area contributed by atoms with Crippen LogP contribution in [0.15, 0.2) is 52.2 Å². The highest BCUT2D eigenvalue weighted by molar-refractivity contribution is 9.10. The van der Waals surface area contributed by atoms with Gasteiger partial charge in [0.25, 0.3) is 0 Å². The lowest BCUT2D eigenvalue weighted by Crippen LogP contribution is -2.20. The zero-order valence-electron chi connectivity index (χ0n) is 10.5. The van der Waals surface area contributed by atoms with Crippen molar-refractivity contribution in [1.82, 2.24) is 9.99 Å². The van der Waals surface area contributed by atoms with E-state index in [1.807, 2.05) is 54.2 Å². The van der Waals surface area contributed by atoms with Gasteiger partial charge in [0.1, 0.15) is 0 Å². The second kappa shape index (κ2) is 6.33. The fraction of sp³-hybridized carbons (Fsp3) is 0.143. The van der Waals surface area contributed by atoms with Gasteiger partial charge < -0.3 is 4.57 Å². The van der Waals surface area contributed by atoms with Gasteiger partial charge in [-0.05, 0) is 29.8 Å². The minimum Gasteiger partial charge on any atom is -0.354 e. The minimum absolute atomic E-state index is 0.131. The Morgan fingerprint density at radius 1 is 1.42 bits per heavy atom. The number of rotatable bonds is 4. The molecular formula is C14H14BrN3O. The van der Waals surface area contributed by atoms with Gasteiger partial charge >= 0.3 is 0 Å². The fourth-order valence-corrected chi connectivity index (χ4v) is 2.07. The third-order valence-electron chi connectivity index (χ3n) is 2.64. The van der Waals surface area contributed by atoms with E-state index in [1.165, 1.54) is 0 Å². The van der Waals surface area contributed by atoms with Gasteiger partial charge in [0.05, 0.1) is 12.6 Å². The Kier molecular flexibility index (Phi) is 4.52. The molecule has 0 aliphatic carbocycles. The summed E-state index contributed by atoms with van der Waals surface area (Å²) in [4.78, 5) is 11.7. The van der Waals surface area contributed by atoms with E-state index in [0.29, 0.717) is 6.42 Å². The summed E-state index contributed by atoms with van der Waals surface area (Å²) in [6.07, 6.45) is 3.85. The van der Waals surface area contributed by atoms with Gasteiger partial charge in [-0.15, -0.1) is 0 Å². The van der Waals surface area contributed by atoms with Crippen LogP contribution < -0.4 is 5.43 Å². The maximum absolute atomic E-state index is 11.7. The highest BCUT2D eigenvalue weighted by atomic mass is 79.9. The van der Waals surface area contributed by atoms with Gasteiger partial charge in [-0.2, -0.15) is 5.10 Å². The SMILES string of the molecule is Cn1cccc1CC(=O)N/N=C/c1cccc(Br)c1. The lowest BCUT2D eigenvalue weighted by atomic mass is 10.2. The molecule has 19 heavy (non-hydrogen) atoms. The smallest absolute Gasteiger partial charge is 0.245 e. The molecule has 0 spiro atoms. The van der Waals surface area contributed by atoms with Crippen LogP contribution in [0.1, 0.15) is 11.3 Å². The van der Waals surface area contributed by atoms with Crippen LogP contribution in [-0.4, -0.2) is 16.7 Å². The molecule has 1 aromatic heterocycles. The second-order valence-electron chi connectivity index (χ2n) is 4.14. The number of amides is 1. The van der Waals surface area contributed by atoms with Crippen molar-refractivity contribution in [2.45, 2.75) is 6.42 Å². The first-order valence-corrected chi connectivity index (χ1v) is 6.62. The summed E-state index contributed by atoms with van der Waals surface area (Å²) in [5.74, 6) is -0.131. The Morgan fingerprint density at radius 3 is 2.95 bits per heavy atom. The summed E-state index contributed by atoms with van der Waals surface area (Å²) in [5.41, 5.74) is 4.40. The molecule has 4 nitrogen and oxygen atoms in total. The predicted octanol–water partition coefficient (Wildman–Crippen LogP) is 2.48. The first-order valence-electron chi connectivity index (χ1n) is 5.83. The summed E-state index contributed by atoms with van der Waals surface area (Å²) < 4.78 is 2.89. The molecular weight excluding hydrogens is 306 g/mol. The van der Waals surface area contributed by atoms with Crippen molar-refractivity contribution in [2.24, 2.45) is 12.1 Å². The third kappa shape index (κ3) is 4.06. The number of benzene rings is 1. The van der Waals surface area contributed by atoms with E-state index in [-0.39, 0.29) is 5.91 Å². The van der Waals surface area contributed by atoms with Crippen molar-refractivity contribution >= 4 is 28.1 Å². The summed E-state index contributed by atoms with van der Waals surface area (Å²) in [5, 5.41) is 3.94. The van der Waals surface area contributed by atoms with E-state index in [4.69, 9.17) is 0 Å². The molecule has 0 bridgehead atoms. The molecule has 0 atom stereocenters. The zero-order valence-corrected chi connectivity index (χ0v) is 12.1. The van der Waals surface area contributed by atoms with Gasteiger partial charge in [0.15, 0.2) is 0 Å². The molecule has 0 saturated heterocycles. The van der Waals surface area contributed by atoms with E-state index in [0.717, 1.165) is 15.7 Å². The Bertz CT molecular complexity index is 604. The standard InChI is InChI=1S/C14H14BrN3O/c1-18-7-3-6-13(18)9-14(19)17-16-10-11-4-2-5-12(15)8-11/h2-8,10H,9H2,1H3,(H,17,19)/b16-10+. The fourth-order valence-electron chi connectivity index (χ4n) is 1.65. The van der Waals surface area contributed by atoms with E-state index >= 15 is 0 Å². The average Bonchev–Trinajstić information content (AvgIpc) is 2.75. The van der Waals surface area contributed by atoms with Crippen LogP contribution in [0.3, 0.4) is 0 Å². The minimum atomic E-state index is -0.131. The first-order chi connectivity index (χ1) is 9.15. The maximum Gasteiger partial charge on any atom is 0.245 e. The lowest BCUT2D eigenvalue weighted by Gasteiger charge is -2.02. The van der Waals surface area contributed by atoms with Gasteiger partial charge in [-0.25, -0.2) is 5.43 Å². The number of halogens is 1. The van der Waals surface area contributed by atoms with Gasteiger partial charge in [-0.1, -0.05) is 28.1 Å². The summed E-state index contributed by atoms with van der Waals surface area (Å²) in [6, 6.07) is 11.5.